The predicted molar refractivity (Wildman–Crippen MR) is 93.4 cm³/mol. The van der Waals surface area contributed by atoms with Gasteiger partial charge in [-0.1, -0.05) is 24.3 Å². The number of amides is 1. The van der Waals surface area contributed by atoms with Crippen molar-refractivity contribution in [3.05, 3.63) is 59.2 Å². The van der Waals surface area contributed by atoms with Crippen LogP contribution < -0.4 is 14.8 Å². The lowest BCUT2D eigenvalue weighted by molar-refractivity contribution is -0.120. The van der Waals surface area contributed by atoms with Gasteiger partial charge in [-0.2, -0.15) is 0 Å². The van der Waals surface area contributed by atoms with E-state index in [4.69, 9.17) is 9.47 Å². The fraction of sp³-hybridized carbons (Fsp3) is 0.350. The zero-order valence-electron chi connectivity index (χ0n) is 14.0. The highest BCUT2D eigenvalue weighted by Crippen LogP contribution is 2.25. The normalized spacial score (nSPS) is 12.9. The number of benzene rings is 2. The van der Waals surface area contributed by atoms with Crippen LogP contribution in [0.25, 0.3) is 0 Å². The average molecular weight is 325 g/mol. The Bertz CT molecular complexity index is 695. The minimum atomic E-state index is 0.0214. The summed E-state index contributed by atoms with van der Waals surface area (Å²) in [5.74, 6) is 1.83. The third-order valence-electron chi connectivity index (χ3n) is 4.06. The molecule has 0 spiro atoms. The van der Waals surface area contributed by atoms with E-state index in [0.29, 0.717) is 19.6 Å². The van der Waals surface area contributed by atoms with E-state index in [-0.39, 0.29) is 5.91 Å². The molecule has 0 atom stereocenters. The first-order valence-corrected chi connectivity index (χ1v) is 8.47. The molecule has 0 saturated heterocycles. The third-order valence-corrected chi connectivity index (χ3v) is 4.06. The predicted octanol–water partition coefficient (Wildman–Crippen LogP) is 3.27. The first-order chi connectivity index (χ1) is 11.7. The van der Waals surface area contributed by atoms with Crippen molar-refractivity contribution < 1.29 is 14.3 Å². The Morgan fingerprint density at radius 2 is 1.96 bits per heavy atom. The second kappa shape index (κ2) is 7.86. The van der Waals surface area contributed by atoms with E-state index in [1.807, 2.05) is 43.3 Å². The molecule has 4 nitrogen and oxygen atoms in total. The molecule has 126 valence electrons. The Hall–Kier alpha value is -2.49. The van der Waals surface area contributed by atoms with Crippen molar-refractivity contribution in [2.45, 2.75) is 32.7 Å². The highest BCUT2D eigenvalue weighted by molar-refractivity contribution is 5.78. The SMILES string of the molecule is CCOc1ccc(CC(=O)NCc2ccc3c(c2)CCCO3)cc1. The third kappa shape index (κ3) is 4.28. The quantitative estimate of drug-likeness (QED) is 0.887. The maximum absolute atomic E-state index is 12.1. The number of rotatable bonds is 6. The van der Waals surface area contributed by atoms with Gasteiger partial charge in [0.2, 0.25) is 5.91 Å². The van der Waals surface area contributed by atoms with Gasteiger partial charge in [-0.15, -0.1) is 0 Å². The van der Waals surface area contributed by atoms with Crippen LogP contribution in [0.3, 0.4) is 0 Å². The maximum Gasteiger partial charge on any atom is 0.224 e. The number of hydrogen-bond acceptors (Lipinski definition) is 3. The molecule has 0 fully saturated rings. The first-order valence-electron chi connectivity index (χ1n) is 8.47. The highest BCUT2D eigenvalue weighted by Gasteiger charge is 2.11. The molecule has 4 heteroatoms. The lowest BCUT2D eigenvalue weighted by Gasteiger charge is -2.18. The molecule has 2 aromatic carbocycles. The van der Waals surface area contributed by atoms with Crippen LogP contribution in [0.4, 0.5) is 0 Å². The van der Waals surface area contributed by atoms with Gasteiger partial charge in [0, 0.05) is 6.54 Å². The van der Waals surface area contributed by atoms with Gasteiger partial charge < -0.3 is 14.8 Å². The van der Waals surface area contributed by atoms with E-state index in [2.05, 4.69) is 11.4 Å². The van der Waals surface area contributed by atoms with Gasteiger partial charge in [-0.3, -0.25) is 4.79 Å². The largest absolute Gasteiger partial charge is 0.494 e. The number of nitrogens with one attached hydrogen (secondary N) is 1. The highest BCUT2D eigenvalue weighted by atomic mass is 16.5. The van der Waals surface area contributed by atoms with Gasteiger partial charge in [0.05, 0.1) is 19.6 Å². The molecule has 2 aromatic rings. The van der Waals surface area contributed by atoms with E-state index in [0.717, 1.165) is 42.1 Å². The monoisotopic (exact) mass is 325 g/mol. The summed E-state index contributed by atoms with van der Waals surface area (Å²) < 4.78 is 11.0. The van der Waals surface area contributed by atoms with E-state index in [1.165, 1.54) is 5.56 Å². The minimum Gasteiger partial charge on any atom is -0.494 e. The maximum atomic E-state index is 12.1. The van der Waals surface area contributed by atoms with E-state index < -0.39 is 0 Å². The van der Waals surface area contributed by atoms with Crippen LogP contribution in [-0.2, 0) is 24.2 Å². The number of aryl methyl sites for hydroxylation is 1. The Morgan fingerprint density at radius 3 is 2.75 bits per heavy atom. The van der Waals surface area contributed by atoms with E-state index >= 15 is 0 Å². The van der Waals surface area contributed by atoms with Crippen molar-refractivity contribution in [2.24, 2.45) is 0 Å². The fourth-order valence-electron chi connectivity index (χ4n) is 2.84. The van der Waals surface area contributed by atoms with Crippen LogP contribution in [0.1, 0.15) is 30.0 Å². The lowest BCUT2D eigenvalue weighted by atomic mass is 10.0. The van der Waals surface area contributed by atoms with Gasteiger partial charge in [-0.05, 0) is 54.7 Å². The number of fused-ring (bicyclic) bond motifs is 1. The topological polar surface area (TPSA) is 47.6 Å². The van der Waals surface area contributed by atoms with Crippen molar-refractivity contribution >= 4 is 5.91 Å². The zero-order chi connectivity index (χ0) is 16.8. The summed E-state index contributed by atoms with van der Waals surface area (Å²) in [6, 6.07) is 13.8. The van der Waals surface area contributed by atoms with Gasteiger partial charge in [0.1, 0.15) is 11.5 Å². The van der Waals surface area contributed by atoms with Crippen molar-refractivity contribution in [2.75, 3.05) is 13.2 Å². The summed E-state index contributed by atoms with van der Waals surface area (Å²) in [6.45, 7) is 3.94. The van der Waals surface area contributed by atoms with Crippen molar-refractivity contribution in [3.8, 4) is 11.5 Å². The Balaban J connectivity index is 1.52. The van der Waals surface area contributed by atoms with Crippen LogP contribution in [0.2, 0.25) is 0 Å². The molecule has 0 saturated carbocycles. The Morgan fingerprint density at radius 1 is 1.17 bits per heavy atom. The van der Waals surface area contributed by atoms with Gasteiger partial charge in [-0.25, -0.2) is 0 Å². The summed E-state index contributed by atoms with van der Waals surface area (Å²) in [5, 5.41) is 2.98. The first kappa shape index (κ1) is 16.4. The molecule has 1 amide bonds. The summed E-state index contributed by atoms with van der Waals surface area (Å²) in [4.78, 5) is 12.1. The molecule has 1 heterocycles. The van der Waals surface area contributed by atoms with Crippen LogP contribution in [0, 0.1) is 0 Å². The van der Waals surface area contributed by atoms with E-state index in [9.17, 15) is 4.79 Å². The van der Waals surface area contributed by atoms with Gasteiger partial charge in [0.25, 0.3) is 0 Å². The molecule has 0 bridgehead atoms. The summed E-state index contributed by atoms with van der Waals surface area (Å²) in [5.41, 5.74) is 3.33. The minimum absolute atomic E-state index is 0.0214. The van der Waals surface area contributed by atoms with Crippen LogP contribution in [0.5, 0.6) is 11.5 Å². The van der Waals surface area contributed by atoms with Crippen molar-refractivity contribution in [1.82, 2.24) is 5.32 Å². The number of carbonyl (C=O) groups is 1. The fourth-order valence-corrected chi connectivity index (χ4v) is 2.84. The molecule has 1 aliphatic heterocycles. The Kier molecular flexibility index (Phi) is 5.36. The van der Waals surface area contributed by atoms with Gasteiger partial charge >= 0.3 is 0 Å². The summed E-state index contributed by atoms with van der Waals surface area (Å²) in [6.07, 6.45) is 2.48. The second-order valence-corrected chi connectivity index (χ2v) is 5.92. The molecular weight excluding hydrogens is 302 g/mol. The molecule has 0 radical (unpaired) electrons. The zero-order valence-corrected chi connectivity index (χ0v) is 14.0. The molecule has 24 heavy (non-hydrogen) atoms. The molecule has 1 aliphatic rings. The van der Waals surface area contributed by atoms with E-state index in [1.54, 1.807) is 0 Å². The number of hydrogen-bond donors (Lipinski definition) is 1. The molecule has 1 N–H and O–H groups in total. The van der Waals surface area contributed by atoms with Crippen molar-refractivity contribution in [3.63, 3.8) is 0 Å². The van der Waals surface area contributed by atoms with Gasteiger partial charge in [0.15, 0.2) is 0 Å². The molecule has 3 rings (SSSR count). The Labute approximate surface area is 142 Å². The van der Waals surface area contributed by atoms with Crippen molar-refractivity contribution in [1.29, 1.82) is 0 Å². The summed E-state index contributed by atoms with van der Waals surface area (Å²) in [7, 11) is 0. The lowest BCUT2D eigenvalue weighted by Crippen LogP contribution is -2.24. The number of ether oxygens (including phenoxy) is 2. The average Bonchev–Trinajstić information content (AvgIpc) is 2.62. The molecule has 0 unspecified atom stereocenters. The molecule has 0 aromatic heterocycles. The molecule has 0 aliphatic carbocycles. The number of carbonyl (C=O) groups excluding carboxylic acids is 1. The van der Waals surface area contributed by atoms with Crippen LogP contribution in [0.15, 0.2) is 42.5 Å². The van der Waals surface area contributed by atoms with Crippen LogP contribution in [-0.4, -0.2) is 19.1 Å². The smallest absolute Gasteiger partial charge is 0.224 e. The standard InChI is InChI=1S/C20H23NO3/c1-2-23-18-8-5-15(6-9-18)13-20(22)21-14-16-7-10-19-17(12-16)4-3-11-24-19/h5-10,12H,2-4,11,13-14H2,1H3,(H,21,22). The summed E-state index contributed by atoms with van der Waals surface area (Å²) >= 11 is 0. The van der Waals surface area contributed by atoms with Crippen LogP contribution >= 0.6 is 0 Å². The second-order valence-electron chi connectivity index (χ2n) is 5.92. The molecular formula is C20H23NO3.